The molecule has 0 spiro atoms. The van der Waals surface area contributed by atoms with Crippen LogP contribution in [0.25, 0.3) is 0 Å². The molecule has 0 aliphatic heterocycles. The van der Waals surface area contributed by atoms with Gasteiger partial charge in [-0.15, -0.1) is 0 Å². The number of aliphatic carboxylic acids is 1. The van der Waals surface area contributed by atoms with Gasteiger partial charge in [0.1, 0.15) is 10.4 Å². The van der Waals surface area contributed by atoms with Gasteiger partial charge in [0.15, 0.2) is 0 Å². The van der Waals surface area contributed by atoms with E-state index in [1.165, 1.54) is 11.8 Å². The van der Waals surface area contributed by atoms with Gasteiger partial charge in [-0.05, 0) is 6.42 Å². The second-order valence-corrected chi connectivity index (χ2v) is 4.47. The van der Waals surface area contributed by atoms with E-state index in [-0.39, 0.29) is 0 Å². The molecule has 0 aliphatic carbocycles. The van der Waals surface area contributed by atoms with E-state index in [1.54, 1.807) is 0 Å². The van der Waals surface area contributed by atoms with E-state index in [9.17, 15) is 4.79 Å². The molecule has 0 bridgehead atoms. The lowest BCUT2D eigenvalue weighted by atomic mass is 10.2. The Morgan fingerprint density at radius 3 is 2.62 bits per heavy atom. The Bertz CT molecular complexity index is 197. The van der Waals surface area contributed by atoms with Gasteiger partial charge in [-0.2, -0.15) is 0 Å². The van der Waals surface area contributed by atoms with Crippen molar-refractivity contribution in [1.29, 1.82) is 0 Å². The Kier molecular flexibility index (Phi) is 6.02. The monoisotopic (exact) mass is 222 g/mol. The molecule has 13 heavy (non-hydrogen) atoms. The van der Waals surface area contributed by atoms with Crippen LogP contribution < -0.4 is 5.73 Å². The lowest BCUT2D eigenvalue weighted by Gasteiger charge is -2.13. The van der Waals surface area contributed by atoms with Crippen LogP contribution in [0.4, 0.5) is 0 Å². The molecule has 0 radical (unpaired) electrons. The fourth-order valence-corrected chi connectivity index (χ4v) is 1.58. The molecule has 76 valence electrons. The highest BCUT2D eigenvalue weighted by Gasteiger charge is 2.11. The molecule has 0 aromatic heterocycles. The molecule has 0 aromatic rings. The summed E-state index contributed by atoms with van der Waals surface area (Å²) < 4.78 is 0.748. The van der Waals surface area contributed by atoms with Crippen molar-refractivity contribution in [2.45, 2.75) is 12.5 Å². The molecule has 0 rings (SSSR count). The van der Waals surface area contributed by atoms with Gasteiger partial charge in [-0.1, -0.05) is 24.0 Å². The largest absolute Gasteiger partial charge is 0.480 e. The molecular formula is C7H14N2O2S2. The first kappa shape index (κ1) is 12.7. The van der Waals surface area contributed by atoms with Gasteiger partial charge in [0.05, 0.1) is 0 Å². The number of hydrogen-bond donors (Lipinski definition) is 2. The SMILES string of the molecule is CN(C)C(=S)SCC[C@@H](N)C(=O)O. The smallest absolute Gasteiger partial charge is 0.320 e. The van der Waals surface area contributed by atoms with E-state index in [4.69, 9.17) is 23.1 Å². The first-order valence-electron chi connectivity index (χ1n) is 3.77. The third kappa shape index (κ3) is 5.84. The van der Waals surface area contributed by atoms with Crippen molar-refractivity contribution in [3.05, 3.63) is 0 Å². The molecular weight excluding hydrogens is 208 g/mol. The number of rotatable bonds is 4. The van der Waals surface area contributed by atoms with Gasteiger partial charge in [-0.3, -0.25) is 4.79 Å². The Balaban J connectivity index is 3.56. The predicted octanol–water partition coefficient (Wildman–Crippen LogP) is 0.368. The van der Waals surface area contributed by atoms with Crippen molar-refractivity contribution >= 4 is 34.3 Å². The zero-order valence-corrected chi connectivity index (χ0v) is 9.32. The van der Waals surface area contributed by atoms with Crippen molar-refractivity contribution in [2.24, 2.45) is 5.73 Å². The maximum atomic E-state index is 10.3. The number of thiocarbonyl (C=S) groups is 1. The van der Waals surface area contributed by atoms with Crippen LogP contribution in [0.2, 0.25) is 0 Å². The standard InChI is InChI=1S/C7H14N2O2S2/c1-9(2)7(12)13-4-3-5(8)6(10)11/h5H,3-4,8H2,1-2H3,(H,10,11)/t5-/m1/s1. The third-order valence-corrected chi connectivity index (χ3v) is 3.11. The van der Waals surface area contributed by atoms with E-state index >= 15 is 0 Å². The molecule has 4 nitrogen and oxygen atoms in total. The van der Waals surface area contributed by atoms with Gasteiger partial charge in [0.2, 0.25) is 0 Å². The lowest BCUT2D eigenvalue weighted by Crippen LogP contribution is -2.30. The van der Waals surface area contributed by atoms with Gasteiger partial charge in [0.25, 0.3) is 0 Å². The van der Waals surface area contributed by atoms with Crippen molar-refractivity contribution in [3.63, 3.8) is 0 Å². The molecule has 0 fully saturated rings. The predicted molar refractivity (Wildman–Crippen MR) is 59.0 cm³/mol. The first-order chi connectivity index (χ1) is 5.95. The van der Waals surface area contributed by atoms with Crippen LogP contribution in [0.1, 0.15) is 6.42 Å². The summed E-state index contributed by atoms with van der Waals surface area (Å²) in [4.78, 5) is 12.1. The first-order valence-corrected chi connectivity index (χ1v) is 5.17. The number of thioether (sulfide) groups is 1. The minimum atomic E-state index is -0.962. The van der Waals surface area contributed by atoms with Crippen LogP contribution >= 0.6 is 24.0 Å². The molecule has 0 aromatic carbocycles. The maximum Gasteiger partial charge on any atom is 0.320 e. The van der Waals surface area contributed by atoms with E-state index in [0.29, 0.717) is 12.2 Å². The summed E-state index contributed by atoms with van der Waals surface area (Å²) in [6.45, 7) is 0. The van der Waals surface area contributed by atoms with Gasteiger partial charge in [-0.25, -0.2) is 0 Å². The molecule has 3 N–H and O–H groups in total. The highest BCUT2D eigenvalue weighted by molar-refractivity contribution is 8.22. The fourth-order valence-electron chi connectivity index (χ4n) is 0.526. The van der Waals surface area contributed by atoms with Crippen molar-refractivity contribution in [3.8, 4) is 0 Å². The normalized spacial score (nSPS) is 12.2. The van der Waals surface area contributed by atoms with Crippen LogP contribution in [-0.4, -0.2) is 46.2 Å². The number of carboxylic acids is 1. The summed E-state index contributed by atoms with van der Waals surface area (Å²) >= 11 is 6.44. The van der Waals surface area contributed by atoms with Crippen LogP contribution in [0.3, 0.4) is 0 Å². The molecule has 0 heterocycles. The van der Waals surface area contributed by atoms with Crippen LogP contribution in [0, 0.1) is 0 Å². The highest BCUT2D eigenvalue weighted by Crippen LogP contribution is 2.08. The van der Waals surface area contributed by atoms with Crippen LogP contribution in [-0.2, 0) is 4.79 Å². The van der Waals surface area contributed by atoms with Gasteiger partial charge in [0, 0.05) is 19.8 Å². The maximum absolute atomic E-state index is 10.3. The second kappa shape index (κ2) is 6.17. The average Bonchev–Trinajstić information content (AvgIpc) is 2.03. The van der Waals surface area contributed by atoms with E-state index in [1.807, 2.05) is 19.0 Å². The Morgan fingerprint density at radius 2 is 2.23 bits per heavy atom. The highest BCUT2D eigenvalue weighted by atomic mass is 32.2. The Morgan fingerprint density at radius 1 is 1.69 bits per heavy atom. The quantitative estimate of drug-likeness (QED) is 0.670. The zero-order chi connectivity index (χ0) is 10.4. The Hall–Kier alpha value is -0.330. The summed E-state index contributed by atoms with van der Waals surface area (Å²) in [7, 11) is 3.71. The third-order valence-electron chi connectivity index (χ3n) is 1.34. The minimum absolute atomic E-state index is 0.438. The van der Waals surface area contributed by atoms with Crippen LogP contribution in [0.5, 0.6) is 0 Å². The summed E-state index contributed by atoms with van der Waals surface area (Å²) in [5, 5.41) is 8.48. The van der Waals surface area contributed by atoms with Crippen molar-refractivity contribution in [1.82, 2.24) is 4.90 Å². The molecule has 0 aliphatic rings. The number of carboxylic acid groups (broad SMARTS) is 1. The van der Waals surface area contributed by atoms with Crippen LogP contribution in [0.15, 0.2) is 0 Å². The zero-order valence-electron chi connectivity index (χ0n) is 7.69. The van der Waals surface area contributed by atoms with Crippen molar-refractivity contribution < 1.29 is 9.90 Å². The molecule has 0 saturated carbocycles. The summed E-state index contributed by atoms with van der Waals surface area (Å²) in [5.74, 6) is -0.318. The minimum Gasteiger partial charge on any atom is -0.480 e. The number of carbonyl (C=O) groups is 1. The van der Waals surface area contributed by atoms with Gasteiger partial charge < -0.3 is 15.7 Å². The summed E-state index contributed by atoms with van der Waals surface area (Å²) in [5.41, 5.74) is 5.31. The van der Waals surface area contributed by atoms with E-state index < -0.39 is 12.0 Å². The average molecular weight is 222 g/mol. The molecule has 6 heteroatoms. The summed E-state index contributed by atoms with van der Waals surface area (Å²) in [6, 6.07) is -0.780. The fraction of sp³-hybridized carbons (Fsp3) is 0.714. The number of nitrogens with two attached hydrogens (primary N) is 1. The van der Waals surface area contributed by atoms with E-state index in [2.05, 4.69) is 0 Å². The van der Waals surface area contributed by atoms with Gasteiger partial charge >= 0.3 is 5.97 Å². The van der Waals surface area contributed by atoms with Crippen molar-refractivity contribution in [2.75, 3.05) is 19.8 Å². The molecule has 1 atom stereocenters. The second-order valence-electron chi connectivity index (χ2n) is 2.74. The molecule has 0 saturated heterocycles. The number of hydrogen-bond acceptors (Lipinski definition) is 4. The molecule has 0 amide bonds. The summed E-state index contributed by atoms with van der Waals surface area (Å²) in [6.07, 6.45) is 0.438. The molecule has 0 unspecified atom stereocenters. The topological polar surface area (TPSA) is 66.6 Å². The Labute approximate surface area is 87.5 Å². The van der Waals surface area contributed by atoms with E-state index in [0.717, 1.165) is 4.32 Å². The number of nitrogens with zero attached hydrogens (tertiary/aromatic N) is 1. The lowest BCUT2D eigenvalue weighted by molar-refractivity contribution is -0.138.